The summed E-state index contributed by atoms with van der Waals surface area (Å²) in [5.41, 5.74) is 2.65. The first-order valence-corrected chi connectivity index (χ1v) is 11.0. The fourth-order valence-electron chi connectivity index (χ4n) is 3.63. The monoisotopic (exact) mass is 452 g/mol. The van der Waals surface area contributed by atoms with Crippen LogP contribution >= 0.6 is 11.8 Å². The van der Waals surface area contributed by atoms with Crippen molar-refractivity contribution in [3.8, 4) is 0 Å². The molecule has 0 unspecified atom stereocenters. The number of hydrogen-bond acceptors (Lipinski definition) is 5. The maximum absolute atomic E-state index is 13.3. The molecule has 1 atom stereocenters. The van der Waals surface area contributed by atoms with Gasteiger partial charge in [-0.1, -0.05) is 30.3 Å². The smallest absolute Gasteiger partial charge is 0.329 e. The molecule has 1 saturated heterocycles. The lowest BCUT2D eigenvalue weighted by molar-refractivity contribution is -0.150. The molecule has 0 N–H and O–H groups in total. The van der Waals surface area contributed by atoms with E-state index in [2.05, 4.69) is 0 Å². The average molecular weight is 453 g/mol. The molecule has 6 nitrogen and oxygen atoms in total. The highest BCUT2D eigenvalue weighted by Crippen LogP contribution is 2.35. The van der Waals surface area contributed by atoms with E-state index in [1.165, 1.54) is 19.1 Å². The van der Waals surface area contributed by atoms with Crippen LogP contribution in [0.3, 0.4) is 0 Å². The summed E-state index contributed by atoms with van der Waals surface area (Å²) >= 11 is 0.804. The SMILES string of the molecule is CCOC(=O)[C@H](C)N1C(=O)S/C(=C/c2cn(Cc3ccc(F)cc3)c3ccccc23)C1=O. The lowest BCUT2D eigenvalue weighted by Gasteiger charge is -2.19. The lowest BCUT2D eigenvalue weighted by Crippen LogP contribution is -2.42. The Labute approximate surface area is 188 Å². The molecule has 32 heavy (non-hydrogen) atoms. The second kappa shape index (κ2) is 9.00. The van der Waals surface area contributed by atoms with Crippen molar-refractivity contribution in [3.05, 3.63) is 76.6 Å². The molecule has 1 aliphatic rings. The Morgan fingerprint density at radius 3 is 2.59 bits per heavy atom. The average Bonchev–Trinajstić information content (AvgIpc) is 3.26. The number of hydrogen-bond donors (Lipinski definition) is 0. The first-order valence-electron chi connectivity index (χ1n) is 10.1. The van der Waals surface area contributed by atoms with Crippen molar-refractivity contribution >= 4 is 45.9 Å². The molecule has 3 aromatic rings. The van der Waals surface area contributed by atoms with Crippen molar-refractivity contribution < 1.29 is 23.5 Å². The van der Waals surface area contributed by atoms with Crippen molar-refractivity contribution in [2.24, 2.45) is 0 Å². The van der Waals surface area contributed by atoms with E-state index in [0.717, 1.165) is 38.7 Å². The summed E-state index contributed by atoms with van der Waals surface area (Å²) in [4.78, 5) is 38.6. The Bertz CT molecular complexity index is 1230. The zero-order valence-corrected chi connectivity index (χ0v) is 18.4. The predicted molar refractivity (Wildman–Crippen MR) is 121 cm³/mol. The molecule has 2 aromatic carbocycles. The Morgan fingerprint density at radius 2 is 1.88 bits per heavy atom. The third kappa shape index (κ3) is 4.18. The number of thioether (sulfide) groups is 1. The molecule has 0 bridgehead atoms. The molecule has 164 valence electrons. The first kappa shape index (κ1) is 21.8. The second-order valence-electron chi connectivity index (χ2n) is 7.34. The predicted octanol–water partition coefficient (Wildman–Crippen LogP) is 4.82. The maximum atomic E-state index is 13.3. The Hall–Kier alpha value is -3.39. The summed E-state index contributed by atoms with van der Waals surface area (Å²) in [6, 6.07) is 13.0. The molecule has 0 aliphatic carbocycles. The van der Waals surface area contributed by atoms with Crippen LogP contribution in [0.1, 0.15) is 25.0 Å². The van der Waals surface area contributed by atoms with Crippen LogP contribution in [0.25, 0.3) is 17.0 Å². The highest BCUT2D eigenvalue weighted by molar-refractivity contribution is 8.18. The number of imide groups is 1. The second-order valence-corrected chi connectivity index (χ2v) is 8.33. The minimum absolute atomic E-state index is 0.169. The maximum Gasteiger partial charge on any atom is 0.329 e. The van der Waals surface area contributed by atoms with E-state index in [0.29, 0.717) is 6.54 Å². The molecule has 0 radical (unpaired) electrons. The Kier molecular flexibility index (Phi) is 6.14. The minimum Gasteiger partial charge on any atom is -0.464 e. The molecular formula is C24H21FN2O4S. The van der Waals surface area contributed by atoms with Gasteiger partial charge in [-0.25, -0.2) is 9.18 Å². The van der Waals surface area contributed by atoms with E-state index in [9.17, 15) is 18.8 Å². The number of halogens is 1. The van der Waals surface area contributed by atoms with Gasteiger partial charge in [0.1, 0.15) is 11.9 Å². The fraction of sp³-hybridized carbons (Fsp3) is 0.208. The number of carbonyl (C=O) groups is 3. The van der Waals surface area contributed by atoms with E-state index in [4.69, 9.17) is 4.74 Å². The summed E-state index contributed by atoms with van der Waals surface area (Å²) in [5, 5.41) is 0.414. The number of aromatic nitrogens is 1. The van der Waals surface area contributed by atoms with E-state index < -0.39 is 23.2 Å². The largest absolute Gasteiger partial charge is 0.464 e. The summed E-state index contributed by atoms with van der Waals surface area (Å²) in [7, 11) is 0. The number of carbonyl (C=O) groups excluding carboxylic acids is 3. The number of rotatable bonds is 6. The first-order chi connectivity index (χ1) is 15.4. The molecule has 2 amide bonds. The number of nitrogens with zero attached hydrogens (tertiary/aromatic N) is 2. The van der Waals surface area contributed by atoms with Gasteiger partial charge in [-0.2, -0.15) is 0 Å². The van der Waals surface area contributed by atoms with Crippen LogP contribution in [0.2, 0.25) is 0 Å². The van der Waals surface area contributed by atoms with E-state index >= 15 is 0 Å². The van der Waals surface area contributed by atoms with Gasteiger partial charge in [0.2, 0.25) is 0 Å². The van der Waals surface area contributed by atoms with Crippen molar-refractivity contribution in [3.63, 3.8) is 0 Å². The number of esters is 1. The minimum atomic E-state index is -0.992. The normalized spacial score (nSPS) is 16.2. The number of ether oxygens (including phenoxy) is 1. The lowest BCUT2D eigenvalue weighted by atomic mass is 10.1. The third-order valence-electron chi connectivity index (χ3n) is 5.21. The van der Waals surface area contributed by atoms with Crippen LogP contribution in [0, 0.1) is 5.82 Å². The van der Waals surface area contributed by atoms with Crippen molar-refractivity contribution in [1.82, 2.24) is 9.47 Å². The van der Waals surface area contributed by atoms with E-state index in [1.807, 2.05) is 35.0 Å². The number of para-hydroxylation sites is 1. The van der Waals surface area contributed by atoms with E-state index in [-0.39, 0.29) is 17.3 Å². The van der Waals surface area contributed by atoms with Gasteiger partial charge < -0.3 is 9.30 Å². The quantitative estimate of drug-likeness (QED) is 0.396. The third-order valence-corrected chi connectivity index (χ3v) is 6.09. The molecule has 0 saturated carbocycles. The number of fused-ring (bicyclic) bond motifs is 1. The zero-order chi connectivity index (χ0) is 22.8. The van der Waals surface area contributed by atoms with Crippen molar-refractivity contribution in [2.75, 3.05) is 6.61 Å². The summed E-state index contributed by atoms with van der Waals surface area (Å²) in [6.45, 7) is 3.84. The van der Waals surface area contributed by atoms with E-state index in [1.54, 1.807) is 25.1 Å². The summed E-state index contributed by atoms with van der Waals surface area (Å²) in [5.74, 6) is -1.43. The van der Waals surface area contributed by atoms with Gasteiger partial charge in [0.25, 0.3) is 11.1 Å². The number of amides is 2. The van der Waals surface area contributed by atoms with Gasteiger partial charge in [-0.3, -0.25) is 14.5 Å². The van der Waals surface area contributed by atoms with Crippen molar-refractivity contribution in [2.45, 2.75) is 26.4 Å². The molecule has 8 heteroatoms. The van der Waals surface area contributed by atoms with Crippen LogP contribution in [0.15, 0.2) is 59.6 Å². The highest BCUT2D eigenvalue weighted by atomic mass is 32.2. The molecule has 2 heterocycles. The van der Waals surface area contributed by atoms with Gasteiger partial charge in [-0.05, 0) is 55.4 Å². The van der Waals surface area contributed by atoms with Gasteiger partial charge in [0.15, 0.2) is 0 Å². The van der Waals surface area contributed by atoms with Crippen LogP contribution in [-0.4, -0.2) is 39.2 Å². The van der Waals surface area contributed by atoms with Gasteiger partial charge in [-0.15, -0.1) is 0 Å². The Morgan fingerprint density at radius 1 is 1.16 bits per heavy atom. The van der Waals surface area contributed by atoms with Crippen LogP contribution in [0.4, 0.5) is 9.18 Å². The standard InChI is InChI=1S/C24H21FN2O4S/c1-3-31-23(29)15(2)27-22(28)21(32-24(27)30)12-17-14-26(20-7-5-4-6-19(17)20)13-16-8-10-18(25)11-9-16/h4-12,14-15H,3,13H2,1-2H3/b21-12+/t15-/m0/s1. The fourth-order valence-corrected chi connectivity index (χ4v) is 4.53. The molecular weight excluding hydrogens is 431 g/mol. The number of benzene rings is 2. The van der Waals surface area contributed by atoms with Crippen molar-refractivity contribution in [1.29, 1.82) is 0 Å². The molecule has 1 fully saturated rings. The summed E-state index contributed by atoms with van der Waals surface area (Å²) in [6.07, 6.45) is 3.57. The Balaban J connectivity index is 1.67. The van der Waals surface area contributed by atoms with Crippen LogP contribution in [0.5, 0.6) is 0 Å². The molecule has 1 aliphatic heterocycles. The molecule has 1 aromatic heterocycles. The van der Waals surface area contributed by atoms with Crippen LogP contribution in [-0.2, 0) is 20.9 Å². The molecule has 0 spiro atoms. The van der Waals surface area contributed by atoms with Gasteiger partial charge in [0, 0.05) is 29.2 Å². The summed E-state index contributed by atoms with van der Waals surface area (Å²) < 4.78 is 20.2. The topological polar surface area (TPSA) is 68.6 Å². The molecule has 4 rings (SSSR count). The van der Waals surface area contributed by atoms with Gasteiger partial charge >= 0.3 is 5.97 Å². The zero-order valence-electron chi connectivity index (χ0n) is 17.6. The van der Waals surface area contributed by atoms with Gasteiger partial charge in [0.05, 0.1) is 11.5 Å². The van der Waals surface area contributed by atoms with Crippen LogP contribution < -0.4 is 0 Å². The highest BCUT2D eigenvalue weighted by Gasteiger charge is 2.41.